The molecule has 6 heteroatoms. The molecule has 0 spiro atoms. The summed E-state index contributed by atoms with van der Waals surface area (Å²) in [6.45, 7) is 6.35. The van der Waals surface area contributed by atoms with Crippen LogP contribution in [0.3, 0.4) is 0 Å². The maximum absolute atomic E-state index is 5.65. The Labute approximate surface area is 99.7 Å². The van der Waals surface area contributed by atoms with E-state index in [4.69, 9.17) is 10.5 Å². The molecule has 1 unspecified atom stereocenters. The van der Waals surface area contributed by atoms with Gasteiger partial charge >= 0.3 is 0 Å². The van der Waals surface area contributed by atoms with Crippen molar-refractivity contribution in [3.8, 4) is 0 Å². The lowest BCUT2D eigenvalue weighted by Gasteiger charge is -2.14. The molecule has 90 valence electrons. The molecule has 2 N–H and O–H groups in total. The van der Waals surface area contributed by atoms with Gasteiger partial charge in [-0.25, -0.2) is 0 Å². The van der Waals surface area contributed by atoms with Gasteiger partial charge in [0.1, 0.15) is 5.82 Å². The van der Waals surface area contributed by atoms with Crippen molar-refractivity contribution in [2.24, 2.45) is 5.73 Å². The van der Waals surface area contributed by atoms with E-state index in [9.17, 15) is 0 Å². The Bertz CT molecular complexity index is 347. The molecule has 1 fully saturated rings. The van der Waals surface area contributed by atoms with E-state index in [-0.39, 0.29) is 0 Å². The minimum Gasteiger partial charge on any atom is -0.380 e. The Balaban J connectivity index is 2.15. The monoisotopic (exact) mass is 242 g/mol. The first-order valence-corrected chi connectivity index (χ1v) is 6.48. The molecular formula is C10H18N4OS. The summed E-state index contributed by atoms with van der Waals surface area (Å²) in [6.07, 6.45) is 1.09. The highest BCUT2D eigenvalue weighted by molar-refractivity contribution is 7.99. The summed E-state index contributed by atoms with van der Waals surface area (Å²) in [7, 11) is 0. The smallest absolute Gasteiger partial charge is 0.191 e. The van der Waals surface area contributed by atoms with Crippen molar-refractivity contribution in [1.82, 2.24) is 14.8 Å². The molecule has 0 saturated carbocycles. The van der Waals surface area contributed by atoms with Crippen LogP contribution in [0.5, 0.6) is 0 Å². The second-order valence-electron chi connectivity index (χ2n) is 4.17. The van der Waals surface area contributed by atoms with Crippen LogP contribution in [0.25, 0.3) is 0 Å². The Kier molecular flexibility index (Phi) is 3.83. The van der Waals surface area contributed by atoms with Crippen molar-refractivity contribution in [3.05, 3.63) is 5.82 Å². The zero-order valence-corrected chi connectivity index (χ0v) is 10.5. The predicted octanol–water partition coefficient (Wildman–Crippen LogP) is 1.20. The Morgan fingerprint density at radius 2 is 2.38 bits per heavy atom. The first-order valence-electron chi connectivity index (χ1n) is 5.60. The third kappa shape index (κ3) is 2.39. The van der Waals surface area contributed by atoms with Crippen molar-refractivity contribution in [3.63, 3.8) is 0 Å². The number of hydrogen-bond donors (Lipinski definition) is 1. The van der Waals surface area contributed by atoms with E-state index < -0.39 is 0 Å². The normalized spacial score (nSPS) is 20.9. The maximum atomic E-state index is 5.65. The van der Waals surface area contributed by atoms with Crippen molar-refractivity contribution in [2.45, 2.75) is 43.3 Å². The SMILES string of the molecule is CC(C)n1c(CN)nnc1SC1CCOC1. The number of rotatable bonds is 4. The number of nitrogens with zero attached hydrogens (tertiary/aromatic N) is 3. The van der Waals surface area contributed by atoms with Crippen LogP contribution in [0, 0.1) is 0 Å². The average molecular weight is 242 g/mol. The van der Waals surface area contributed by atoms with Crippen molar-refractivity contribution in [1.29, 1.82) is 0 Å². The lowest BCUT2D eigenvalue weighted by Crippen LogP contribution is -2.12. The second-order valence-corrected chi connectivity index (χ2v) is 5.44. The molecular weight excluding hydrogens is 224 g/mol. The molecule has 1 aromatic rings. The lowest BCUT2D eigenvalue weighted by molar-refractivity contribution is 0.199. The van der Waals surface area contributed by atoms with E-state index in [0.29, 0.717) is 17.8 Å². The summed E-state index contributed by atoms with van der Waals surface area (Å²) in [5.41, 5.74) is 5.65. The van der Waals surface area contributed by atoms with Gasteiger partial charge in [-0.15, -0.1) is 10.2 Å². The van der Waals surface area contributed by atoms with E-state index in [0.717, 1.165) is 30.6 Å². The predicted molar refractivity (Wildman–Crippen MR) is 63.4 cm³/mol. The van der Waals surface area contributed by atoms with E-state index in [2.05, 4.69) is 28.6 Å². The molecule has 2 heterocycles. The third-order valence-electron chi connectivity index (χ3n) is 2.59. The molecule has 0 aliphatic carbocycles. The fourth-order valence-corrected chi connectivity index (χ4v) is 2.99. The maximum Gasteiger partial charge on any atom is 0.191 e. The molecule has 0 amide bonds. The highest BCUT2D eigenvalue weighted by Gasteiger charge is 2.22. The number of ether oxygens (including phenoxy) is 1. The highest BCUT2D eigenvalue weighted by atomic mass is 32.2. The number of nitrogens with two attached hydrogens (primary N) is 1. The molecule has 1 atom stereocenters. The first kappa shape index (κ1) is 11.9. The molecule has 0 radical (unpaired) electrons. The molecule has 5 nitrogen and oxygen atoms in total. The van der Waals surface area contributed by atoms with Gasteiger partial charge in [0.15, 0.2) is 5.16 Å². The van der Waals surface area contributed by atoms with Crippen LogP contribution in [-0.2, 0) is 11.3 Å². The van der Waals surface area contributed by atoms with Crippen LogP contribution in [0.15, 0.2) is 5.16 Å². The van der Waals surface area contributed by atoms with Crippen LogP contribution >= 0.6 is 11.8 Å². The van der Waals surface area contributed by atoms with Crippen LogP contribution in [0.4, 0.5) is 0 Å². The highest BCUT2D eigenvalue weighted by Crippen LogP contribution is 2.29. The van der Waals surface area contributed by atoms with Gasteiger partial charge < -0.3 is 15.0 Å². The summed E-state index contributed by atoms with van der Waals surface area (Å²) < 4.78 is 7.47. The van der Waals surface area contributed by atoms with E-state index in [1.165, 1.54) is 0 Å². The van der Waals surface area contributed by atoms with Crippen LogP contribution in [-0.4, -0.2) is 33.2 Å². The first-order chi connectivity index (χ1) is 7.72. The second kappa shape index (κ2) is 5.16. The Hall–Kier alpha value is -0.590. The minimum atomic E-state index is 0.346. The van der Waals surface area contributed by atoms with Crippen LogP contribution in [0.2, 0.25) is 0 Å². The number of aromatic nitrogens is 3. The van der Waals surface area contributed by atoms with Gasteiger partial charge in [-0.3, -0.25) is 0 Å². The molecule has 16 heavy (non-hydrogen) atoms. The topological polar surface area (TPSA) is 66.0 Å². The minimum absolute atomic E-state index is 0.346. The fourth-order valence-electron chi connectivity index (χ4n) is 1.80. The van der Waals surface area contributed by atoms with Gasteiger partial charge in [-0.1, -0.05) is 11.8 Å². The summed E-state index contributed by atoms with van der Waals surface area (Å²) in [5.74, 6) is 0.858. The van der Waals surface area contributed by atoms with E-state index in [1.807, 2.05) is 0 Å². The van der Waals surface area contributed by atoms with E-state index >= 15 is 0 Å². The van der Waals surface area contributed by atoms with Crippen molar-refractivity contribution >= 4 is 11.8 Å². The number of hydrogen-bond acceptors (Lipinski definition) is 5. The zero-order chi connectivity index (χ0) is 11.5. The van der Waals surface area contributed by atoms with Gasteiger partial charge in [-0.05, 0) is 20.3 Å². The van der Waals surface area contributed by atoms with Gasteiger partial charge in [0, 0.05) is 17.9 Å². The van der Waals surface area contributed by atoms with E-state index in [1.54, 1.807) is 11.8 Å². The molecule has 1 aliphatic rings. The van der Waals surface area contributed by atoms with Gasteiger partial charge in [0.2, 0.25) is 0 Å². The molecule has 0 aromatic carbocycles. The summed E-state index contributed by atoms with van der Waals surface area (Å²) in [4.78, 5) is 0. The van der Waals surface area contributed by atoms with Gasteiger partial charge in [0.05, 0.1) is 13.2 Å². The zero-order valence-electron chi connectivity index (χ0n) is 9.72. The molecule has 2 rings (SSSR count). The van der Waals surface area contributed by atoms with Crippen molar-refractivity contribution < 1.29 is 4.74 Å². The van der Waals surface area contributed by atoms with Crippen molar-refractivity contribution in [2.75, 3.05) is 13.2 Å². The largest absolute Gasteiger partial charge is 0.380 e. The number of thioether (sulfide) groups is 1. The van der Waals surface area contributed by atoms with Gasteiger partial charge in [-0.2, -0.15) is 0 Å². The Morgan fingerprint density at radius 1 is 1.56 bits per heavy atom. The quantitative estimate of drug-likeness (QED) is 0.859. The average Bonchev–Trinajstić information content (AvgIpc) is 2.87. The molecule has 0 bridgehead atoms. The summed E-state index contributed by atoms with van der Waals surface area (Å²) in [6, 6.07) is 0.346. The van der Waals surface area contributed by atoms with Crippen LogP contribution < -0.4 is 5.73 Å². The standard InChI is InChI=1S/C10H18N4OS/c1-7(2)14-9(5-11)12-13-10(14)16-8-3-4-15-6-8/h7-8H,3-6,11H2,1-2H3. The molecule has 1 saturated heterocycles. The molecule has 1 aromatic heterocycles. The molecule has 1 aliphatic heterocycles. The Morgan fingerprint density at radius 3 is 2.94 bits per heavy atom. The lowest BCUT2D eigenvalue weighted by atomic mass is 10.4. The van der Waals surface area contributed by atoms with Crippen LogP contribution in [0.1, 0.15) is 32.1 Å². The fraction of sp³-hybridized carbons (Fsp3) is 0.800. The summed E-state index contributed by atoms with van der Waals surface area (Å²) >= 11 is 1.75. The third-order valence-corrected chi connectivity index (χ3v) is 3.79. The van der Waals surface area contributed by atoms with Gasteiger partial charge in [0.25, 0.3) is 0 Å². The summed E-state index contributed by atoms with van der Waals surface area (Å²) in [5, 5.41) is 9.81.